The molecule has 4 N–H and O–H groups in total. The van der Waals surface area contributed by atoms with Crippen LogP contribution < -0.4 is 11.0 Å². The van der Waals surface area contributed by atoms with Crippen LogP contribution in [0.15, 0.2) is 72.8 Å². The van der Waals surface area contributed by atoms with Crippen molar-refractivity contribution >= 4 is 11.4 Å². The zero-order valence-corrected chi connectivity index (χ0v) is 11.8. The first-order valence-corrected chi connectivity index (χ1v) is 6.93. The van der Waals surface area contributed by atoms with E-state index >= 15 is 0 Å². The molecule has 0 spiro atoms. The maximum Gasteiger partial charge on any atom is 0.0680 e. The summed E-state index contributed by atoms with van der Waals surface area (Å²) in [7, 11) is 0. The average Bonchev–Trinajstić information content (AvgIpc) is 2.61. The van der Waals surface area contributed by atoms with E-state index in [0.29, 0.717) is 11.4 Å². The van der Waals surface area contributed by atoms with Crippen LogP contribution in [0.3, 0.4) is 0 Å². The zero-order chi connectivity index (χ0) is 15.4. The van der Waals surface area contributed by atoms with Gasteiger partial charge < -0.3 is 0 Å². The maximum atomic E-state index is 9.34. The molecule has 0 aliphatic carbocycles. The Morgan fingerprint density at radius 1 is 0.455 bits per heavy atom. The lowest BCUT2D eigenvalue weighted by atomic mass is 9.93. The normalized spacial score (nSPS) is 10.3. The minimum Gasteiger partial charge on any atom is -0.291 e. The number of anilines is 2. The molecular weight excluding hydrogens is 276 g/mol. The van der Waals surface area contributed by atoms with E-state index in [1.54, 1.807) is 0 Å². The fourth-order valence-corrected chi connectivity index (χ4v) is 2.58. The molecule has 0 saturated carbocycles. The van der Waals surface area contributed by atoms with Gasteiger partial charge >= 0.3 is 0 Å². The molecule has 0 saturated heterocycles. The highest BCUT2D eigenvalue weighted by molar-refractivity contribution is 5.92. The third-order valence-corrected chi connectivity index (χ3v) is 3.60. The van der Waals surface area contributed by atoms with E-state index in [4.69, 9.17) is 0 Å². The van der Waals surface area contributed by atoms with Crippen molar-refractivity contribution in [1.29, 1.82) is 0 Å². The number of benzene rings is 3. The van der Waals surface area contributed by atoms with E-state index in [2.05, 4.69) is 11.0 Å². The topological polar surface area (TPSA) is 64.5 Å². The second kappa shape index (κ2) is 6.30. The zero-order valence-electron chi connectivity index (χ0n) is 11.8. The summed E-state index contributed by atoms with van der Waals surface area (Å²) in [6, 6.07) is 22.9. The van der Waals surface area contributed by atoms with Crippen molar-refractivity contribution < 1.29 is 10.4 Å². The molecular formula is C18H16N2O2. The smallest absolute Gasteiger partial charge is 0.0680 e. The summed E-state index contributed by atoms with van der Waals surface area (Å²) in [4.78, 5) is 0. The van der Waals surface area contributed by atoms with Crippen LogP contribution in [0.5, 0.6) is 0 Å². The van der Waals surface area contributed by atoms with Gasteiger partial charge in [0.1, 0.15) is 0 Å². The summed E-state index contributed by atoms with van der Waals surface area (Å²) < 4.78 is 0. The number of para-hydroxylation sites is 2. The first-order chi connectivity index (χ1) is 10.8. The Morgan fingerprint density at radius 3 is 1.14 bits per heavy atom. The fraction of sp³-hybridized carbons (Fsp3) is 0. The van der Waals surface area contributed by atoms with Crippen LogP contribution in [0.1, 0.15) is 0 Å². The van der Waals surface area contributed by atoms with Gasteiger partial charge in [0.15, 0.2) is 0 Å². The molecule has 3 aromatic carbocycles. The molecule has 0 bridgehead atoms. The van der Waals surface area contributed by atoms with Crippen molar-refractivity contribution in [3.63, 3.8) is 0 Å². The highest BCUT2D eigenvalue weighted by atomic mass is 16.5. The van der Waals surface area contributed by atoms with Gasteiger partial charge in [-0.2, -0.15) is 0 Å². The molecule has 22 heavy (non-hydrogen) atoms. The van der Waals surface area contributed by atoms with Gasteiger partial charge in [-0.05, 0) is 23.3 Å². The Balaban J connectivity index is 2.23. The first-order valence-electron chi connectivity index (χ1n) is 6.93. The molecule has 0 amide bonds. The van der Waals surface area contributed by atoms with E-state index in [9.17, 15) is 10.4 Å². The van der Waals surface area contributed by atoms with Crippen LogP contribution in [0.25, 0.3) is 22.3 Å². The monoisotopic (exact) mass is 292 g/mol. The lowest BCUT2D eigenvalue weighted by Gasteiger charge is -2.15. The van der Waals surface area contributed by atoms with E-state index in [-0.39, 0.29) is 0 Å². The minimum atomic E-state index is 0.629. The SMILES string of the molecule is ONc1ccccc1-c1ccccc1-c1ccccc1NO. The average molecular weight is 292 g/mol. The third kappa shape index (κ3) is 2.53. The highest BCUT2D eigenvalue weighted by Crippen LogP contribution is 2.38. The molecule has 0 unspecified atom stereocenters. The van der Waals surface area contributed by atoms with Crippen molar-refractivity contribution in [2.45, 2.75) is 0 Å². The number of hydrogen-bond donors (Lipinski definition) is 4. The highest BCUT2D eigenvalue weighted by Gasteiger charge is 2.12. The van der Waals surface area contributed by atoms with Crippen molar-refractivity contribution in [1.82, 2.24) is 0 Å². The maximum absolute atomic E-state index is 9.34. The first kappa shape index (κ1) is 14.1. The molecule has 0 aliphatic rings. The number of nitrogens with one attached hydrogen (secondary N) is 2. The fourth-order valence-electron chi connectivity index (χ4n) is 2.58. The van der Waals surface area contributed by atoms with Gasteiger partial charge in [-0.3, -0.25) is 21.4 Å². The van der Waals surface area contributed by atoms with Crippen molar-refractivity contribution in [3.8, 4) is 22.3 Å². The van der Waals surface area contributed by atoms with Gasteiger partial charge in [0.2, 0.25) is 0 Å². The van der Waals surface area contributed by atoms with Gasteiger partial charge in [-0.1, -0.05) is 60.7 Å². The van der Waals surface area contributed by atoms with Gasteiger partial charge in [-0.15, -0.1) is 0 Å². The van der Waals surface area contributed by atoms with Crippen LogP contribution in [0.2, 0.25) is 0 Å². The lowest BCUT2D eigenvalue weighted by molar-refractivity contribution is 0.389. The van der Waals surface area contributed by atoms with Gasteiger partial charge in [-0.25, -0.2) is 0 Å². The summed E-state index contributed by atoms with van der Waals surface area (Å²) in [5.74, 6) is 0. The Hall–Kier alpha value is -2.82. The molecule has 0 heterocycles. The van der Waals surface area contributed by atoms with Crippen LogP contribution in [-0.2, 0) is 0 Å². The Labute approximate surface area is 128 Å². The molecule has 4 heteroatoms. The molecule has 3 aromatic rings. The van der Waals surface area contributed by atoms with Crippen molar-refractivity contribution in [3.05, 3.63) is 72.8 Å². The quantitative estimate of drug-likeness (QED) is 0.530. The summed E-state index contributed by atoms with van der Waals surface area (Å²) in [6.45, 7) is 0. The Morgan fingerprint density at radius 2 is 0.773 bits per heavy atom. The van der Waals surface area contributed by atoms with Crippen molar-refractivity contribution in [2.24, 2.45) is 0 Å². The second-order valence-electron chi connectivity index (χ2n) is 4.86. The predicted octanol–water partition coefficient (Wildman–Crippen LogP) is 4.62. The predicted molar refractivity (Wildman–Crippen MR) is 88.1 cm³/mol. The van der Waals surface area contributed by atoms with Crippen LogP contribution in [0, 0.1) is 0 Å². The number of hydrogen-bond acceptors (Lipinski definition) is 4. The molecule has 110 valence electrons. The van der Waals surface area contributed by atoms with Gasteiger partial charge in [0.05, 0.1) is 11.4 Å². The molecule has 0 fully saturated rings. The number of rotatable bonds is 4. The van der Waals surface area contributed by atoms with Crippen LogP contribution in [-0.4, -0.2) is 10.4 Å². The molecule has 3 rings (SSSR count). The van der Waals surface area contributed by atoms with E-state index in [1.807, 2.05) is 72.8 Å². The molecule has 0 aromatic heterocycles. The summed E-state index contributed by atoms with van der Waals surface area (Å²) in [5, 5.41) is 18.7. The Bertz CT molecular complexity index is 721. The third-order valence-electron chi connectivity index (χ3n) is 3.60. The molecule has 0 atom stereocenters. The van der Waals surface area contributed by atoms with E-state index < -0.39 is 0 Å². The Kier molecular flexibility index (Phi) is 4.05. The van der Waals surface area contributed by atoms with Crippen LogP contribution in [0.4, 0.5) is 11.4 Å². The van der Waals surface area contributed by atoms with Crippen LogP contribution >= 0.6 is 0 Å². The van der Waals surface area contributed by atoms with Gasteiger partial charge in [0, 0.05) is 11.1 Å². The molecule has 4 nitrogen and oxygen atoms in total. The standard InChI is InChI=1S/C18H16N2O2/c21-19-17-11-5-3-9-15(17)13-7-1-2-8-14(13)16-10-4-6-12-18(16)20-22/h1-12,19-22H. The summed E-state index contributed by atoms with van der Waals surface area (Å²) in [5.41, 5.74) is 9.42. The summed E-state index contributed by atoms with van der Waals surface area (Å²) in [6.07, 6.45) is 0. The van der Waals surface area contributed by atoms with Crippen molar-refractivity contribution in [2.75, 3.05) is 11.0 Å². The minimum absolute atomic E-state index is 0.629. The lowest BCUT2D eigenvalue weighted by Crippen LogP contribution is -1.96. The summed E-state index contributed by atoms with van der Waals surface area (Å²) >= 11 is 0. The largest absolute Gasteiger partial charge is 0.291 e. The van der Waals surface area contributed by atoms with Gasteiger partial charge in [0.25, 0.3) is 0 Å². The second-order valence-corrected chi connectivity index (χ2v) is 4.86. The molecule has 0 aliphatic heterocycles. The van der Waals surface area contributed by atoms with E-state index in [0.717, 1.165) is 22.3 Å². The van der Waals surface area contributed by atoms with E-state index in [1.165, 1.54) is 0 Å². The molecule has 0 radical (unpaired) electrons.